The zero-order valence-electron chi connectivity index (χ0n) is 13.8. The van der Waals surface area contributed by atoms with E-state index < -0.39 is 18.0 Å². The van der Waals surface area contributed by atoms with E-state index in [0.29, 0.717) is 17.2 Å². The lowest BCUT2D eigenvalue weighted by molar-refractivity contribution is -0.153. The van der Waals surface area contributed by atoms with Crippen LogP contribution >= 0.6 is 15.9 Å². The number of carbonyl (C=O) groups excluding carboxylic acids is 2. The van der Waals surface area contributed by atoms with Crippen LogP contribution in [0.15, 0.2) is 53.0 Å². The third-order valence-corrected chi connectivity index (χ3v) is 3.71. The standard InChI is InChI=1S/C18H18BrNO5/c1-12(25-16-7-3-13(19)4-8-16)18(22)24-11-17(21)20-14-5-9-15(23-2)10-6-14/h3-10,12H,11H2,1-2H3,(H,20,21)/t12-/m1/s1. The maximum Gasteiger partial charge on any atom is 0.347 e. The maximum atomic E-state index is 11.9. The van der Waals surface area contributed by atoms with E-state index in [9.17, 15) is 9.59 Å². The monoisotopic (exact) mass is 407 g/mol. The number of nitrogens with one attached hydrogen (secondary N) is 1. The molecule has 1 N–H and O–H groups in total. The molecule has 6 nitrogen and oxygen atoms in total. The number of carbonyl (C=O) groups is 2. The van der Waals surface area contributed by atoms with Gasteiger partial charge in [0, 0.05) is 10.2 Å². The normalized spacial score (nSPS) is 11.3. The lowest BCUT2D eigenvalue weighted by Crippen LogP contribution is -2.29. The van der Waals surface area contributed by atoms with Gasteiger partial charge in [-0.1, -0.05) is 15.9 Å². The number of anilines is 1. The fraction of sp³-hybridized carbons (Fsp3) is 0.222. The van der Waals surface area contributed by atoms with Crippen LogP contribution in [0.4, 0.5) is 5.69 Å². The van der Waals surface area contributed by atoms with Gasteiger partial charge in [0.05, 0.1) is 7.11 Å². The van der Waals surface area contributed by atoms with E-state index in [4.69, 9.17) is 14.2 Å². The second kappa shape index (κ2) is 9.08. The number of rotatable bonds is 7. The van der Waals surface area contributed by atoms with E-state index in [2.05, 4.69) is 21.2 Å². The Hall–Kier alpha value is -2.54. The van der Waals surface area contributed by atoms with Crippen molar-refractivity contribution in [3.8, 4) is 11.5 Å². The Bertz CT molecular complexity index is 715. The van der Waals surface area contributed by atoms with Crippen molar-refractivity contribution >= 4 is 33.5 Å². The summed E-state index contributed by atoms with van der Waals surface area (Å²) in [6, 6.07) is 13.9. The SMILES string of the molecule is COc1ccc(NC(=O)COC(=O)[C@@H](C)Oc2ccc(Br)cc2)cc1. The highest BCUT2D eigenvalue weighted by molar-refractivity contribution is 9.10. The van der Waals surface area contributed by atoms with Gasteiger partial charge in [0.25, 0.3) is 5.91 Å². The topological polar surface area (TPSA) is 73.9 Å². The first kappa shape index (κ1) is 18.8. The van der Waals surface area contributed by atoms with Crippen molar-refractivity contribution in [2.45, 2.75) is 13.0 Å². The van der Waals surface area contributed by atoms with E-state index in [-0.39, 0.29) is 6.61 Å². The van der Waals surface area contributed by atoms with Gasteiger partial charge in [0.15, 0.2) is 12.7 Å². The third-order valence-electron chi connectivity index (χ3n) is 3.18. The van der Waals surface area contributed by atoms with Gasteiger partial charge in [-0.05, 0) is 55.5 Å². The smallest absolute Gasteiger partial charge is 0.347 e. The van der Waals surface area contributed by atoms with Crippen molar-refractivity contribution < 1.29 is 23.8 Å². The molecule has 0 radical (unpaired) electrons. The van der Waals surface area contributed by atoms with Crippen LogP contribution in [-0.2, 0) is 14.3 Å². The van der Waals surface area contributed by atoms with Crippen molar-refractivity contribution in [2.75, 3.05) is 19.0 Å². The van der Waals surface area contributed by atoms with Gasteiger partial charge < -0.3 is 19.5 Å². The van der Waals surface area contributed by atoms with E-state index in [0.717, 1.165) is 4.47 Å². The first-order chi connectivity index (χ1) is 12.0. The molecule has 0 aliphatic heterocycles. The molecule has 0 aromatic heterocycles. The average molecular weight is 408 g/mol. The Morgan fingerprint density at radius 1 is 1.04 bits per heavy atom. The number of halogens is 1. The van der Waals surface area contributed by atoms with Gasteiger partial charge >= 0.3 is 5.97 Å². The van der Waals surface area contributed by atoms with Gasteiger partial charge in [0.2, 0.25) is 0 Å². The molecule has 0 bridgehead atoms. The van der Waals surface area contributed by atoms with Crippen LogP contribution < -0.4 is 14.8 Å². The minimum Gasteiger partial charge on any atom is -0.497 e. The molecule has 0 saturated carbocycles. The number of methoxy groups -OCH3 is 1. The average Bonchev–Trinajstić information content (AvgIpc) is 2.62. The number of esters is 1. The molecule has 132 valence electrons. The van der Waals surface area contributed by atoms with Crippen LogP contribution in [0.1, 0.15) is 6.92 Å². The van der Waals surface area contributed by atoms with Crippen LogP contribution in [0, 0.1) is 0 Å². The van der Waals surface area contributed by atoms with E-state index in [1.54, 1.807) is 62.6 Å². The Morgan fingerprint density at radius 3 is 2.24 bits per heavy atom. The molecule has 2 aromatic rings. The predicted molar refractivity (Wildman–Crippen MR) is 96.8 cm³/mol. The molecule has 0 heterocycles. The molecular formula is C18H18BrNO5. The second-order valence-corrected chi connectivity index (χ2v) is 6.01. The molecule has 1 atom stereocenters. The van der Waals surface area contributed by atoms with Gasteiger partial charge in [-0.2, -0.15) is 0 Å². The van der Waals surface area contributed by atoms with Crippen LogP contribution in [0.3, 0.4) is 0 Å². The fourth-order valence-corrected chi connectivity index (χ4v) is 2.16. The van der Waals surface area contributed by atoms with Gasteiger partial charge in [0.1, 0.15) is 11.5 Å². The molecule has 0 unspecified atom stereocenters. The van der Waals surface area contributed by atoms with Crippen LogP contribution in [-0.4, -0.2) is 31.7 Å². The molecule has 0 aliphatic carbocycles. The Labute approximate surface area is 154 Å². The second-order valence-electron chi connectivity index (χ2n) is 5.10. The van der Waals surface area contributed by atoms with Gasteiger partial charge in [-0.3, -0.25) is 4.79 Å². The zero-order chi connectivity index (χ0) is 18.2. The van der Waals surface area contributed by atoms with Crippen LogP contribution in [0.2, 0.25) is 0 Å². The Morgan fingerprint density at radius 2 is 1.64 bits per heavy atom. The van der Waals surface area contributed by atoms with Gasteiger partial charge in [-0.15, -0.1) is 0 Å². The molecule has 0 aliphatic rings. The number of benzene rings is 2. The molecular weight excluding hydrogens is 390 g/mol. The minimum absolute atomic E-state index is 0.390. The number of ether oxygens (including phenoxy) is 3. The first-order valence-corrected chi connectivity index (χ1v) is 8.30. The van der Waals surface area contributed by atoms with Crippen molar-refractivity contribution in [3.05, 3.63) is 53.0 Å². The molecule has 1 amide bonds. The molecule has 7 heteroatoms. The Balaban J connectivity index is 1.77. The van der Waals surface area contributed by atoms with E-state index >= 15 is 0 Å². The summed E-state index contributed by atoms with van der Waals surface area (Å²) in [7, 11) is 1.56. The summed E-state index contributed by atoms with van der Waals surface area (Å²) < 4.78 is 16.4. The summed E-state index contributed by atoms with van der Waals surface area (Å²) in [5, 5.41) is 2.63. The fourth-order valence-electron chi connectivity index (χ4n) is 1.89. The Kier molecular flexibility index (Phi) is 6.82. The highest BCUT2D eigenvalue weighted by Crippen LogP contribution is 2.18. The summed E-state index contributed by atoms with van der Waals surface area (Å²) in [6.45, 7) is 1.17. The molecule has 0 fully saturated rings. The van der Waals surface area contributed by atoms with E-state index in [1.165, 1.54) is 0 Å². The number of hydrogen-bond acceptors (Lipinski definition) is 5. The summed E-state index contributed by atoms with van der Waals surface area (Å²) >= 11 is 3.32. The van der Waals surface area contributed by atoms with Crippen molar-refractivity contribution in [1.82, 2.24) is 0 Å². The van der Waals surface area contributed by atoms with Crippen molar-refractivity contribution in [3.63, 3.8) is 0 Å². The lowest BCUT2D eigenvalue weighted by atomic mass is 10.3. The largest absolute Gasteiger partial charge is 0.497 e. The molecule has 25 heavy (non-hydrogen) atoms. The zero-order valence-corrected chi connectivity index (χ0v) is 15.4. The summed E-state index contributed by atoms with van der Waals surface area (Å²) in [6.07, 6.45) is -0.824. The molecule has 2 rings (SSSR count). The lowest BCUT2D eigenvalue weighted by Gasteiger charge is -2.14. The molecule has 0 spiro atoms. The summed E-state index contributed by atoms with van der Waals surface area (Å²) in [4.78, 5) is 23.7. The van der Waals surface area contributed by atoms with Crippen molar-refractivity contribution in [2.24, 2.45) is 0 Å². The van der Waals surface area contributed by atoms with Crippen molar-refractivity contribution in [1.29, 1.82) is 0 Å². The maximum absolute atomic E-state index is 11.9. The predicted octanol–water partition coefficient (Wildman–Crippen LogP) is 3.41. The highest BCUT2D eigenvalue weighted by atomic mass is 79.9. The van der Waals surface area contributed by atoms with Gasteiger partial charge in [-0.25, -0.2) is 4.79 Å². The number of amides is 1. The quantitative estimate of drug-likeness (QED) is 0.711. The summed E-state index contributed by atoms with van der Waals surface area (Å²) in [5.74, 6) is 0.167. The van der Waals surface area contributed by atoms with Crippen LogP contribution in [0.5, 0.6) is 11.5 Å². The summed E-state index contributed by atoms with van der Waals surface area (Å²) in [5.41, 5.74) is 0.584. The molecule has 0 saturated heterocycles. The molecule has 2 aromatic carbocycles. The minimum atomic E-state index is -0.824. The van der Waals surface area contributed by atoms with E-state index in [1.807, 2.05) is 0 Å². The van der Waals surface area contributed by atoms with Crippen LogP contribution in [0.25, 0.3) is 0 Å². The third kappa shape index (κ3) is 6.11. The first-order valence-electron chi connectivity index (χ1n) is 7.50. The highest BCUT2D eigenvalue weighted by Gasteiger charge is 2.17. The number of hydrogen-bond donors (Lipinski definition) is 1.